The zero-order chi connectivity index (χ0) is 21.4. The Kier molecular flexibility index (Phi) is 9.06. The average Bonchev–Trinajstić information content (AvgIpc) is 3.19. The lowest BCUT2D eigenvalue weighted by molar-refractivity contribution is -0.142. The van der Waals surface area contributed by atoms with Crippen LogP contribution in [0, 0.1) is 11.8 Å². The molecule has 0 aromatic heterocycles. The number of amides is 4. The molecule has 2 heterocycles. The Morgan fingerprint density at radius 3 is 2.59 bits per heavy atom. The molecule has 0 aliphatic carbocycles. The molecule has 0 aromatic carbocycles. The lowest BCUT2D eigenvalue weighted by atomic mass is 9.92. The minimum Gasteiger partial charge on any atom is -0.481 e. The maximum absolute atomic E-state index is 12.1. The van der Waals surface area contributed by atoms with E-state index >= 15 is 0 Å². The molecule has 2 aliphatic rings. The van der Waals surface area contributed by atoms with E-state index in [1.165, 1.54) is 0 Å². The van der Waals surface area contributed by atoms with Crippen LogP contribution >= 0.6 is 11.8 Å². The van der Waals surface area contributed by atoms with Gasteiger partial charge in [-0.15, -0.1) is 0 Å². The first-order valence-electron chi connectivity index (χ1n) is 10.2. The summed E-state index contributed by atoms with van der Waals surface area (Å²) in [6, 6.07) is 0.335. The number of carbonyl (C=O) groups excluding carboxylic acids is 3. The van der Waals surface area contributed by atoms with Crippen LogP contribution in [0.1, 0.15) is 46.0 Å². The molecule has 0 spiro atoms. The number of rotatable bonds is 12. The van der Waals surface area contributed by atoms with Gasteiger partial charge in [-0.25, -0.2) is 4.79 Å². The molecule has 5 N–H and O–H groups in total. The van der Waals surface area contributed by atoms with Crippen LogP contribution in [0.2, 0.25) is 0 Å². The topological polar surface area (TPSA) is 137 Å². The molecule has 0 bridgehead atoms. The van der Waals surface area contributed by atoms with Crippen LogP contribution in [0.15, 0.2) is 0 Å². The van der Waals surface area contributed by atoms with Crippen molar-refractivity contribution in [2.75, 3.05) is 18.8 Å². The Labute approximate surface area is 175 Å². The van der Waals surface area contributed by atoms with Crippen molar-refractivity contribution in [2.24, 2.45) is 11.8 Å². The molecule has 0 saturated carbocycles. The van der Waals surface area contributed by atoms with Crippen molar-refractivity contribution in [2.45, 2.75) is 63.3 Å². The fourth-order valence-electron chi connectivity index (χ4n) is 3.70. The fraction of sp³-hybridized carbons (Fsp3) is 0.789. The maximum Gasteiger partial charge on any atom is 0.315 e. The van der Waals surface area contributed by atoms with E-state index in [1.807, 2.05) is 25.6 Å². The normalized spacial score (nSPS) is 23.8. The number of aliphatic carboxylic acids is 1. The quantitative estimate of drug-likeness (QED) is 0.229. The van der Waals surface area contributed by atoms with Crippen LogP contribution in [0.5, 0.6) is 0 Å². The molecule has 2 fully saturated rings. The summed E-state index contributed by atoms with van der Waals surface area (Å²) in [7, 11) is 0. The Bertz CT molecular complexity index is 615. The van der Waals surface area contributed by atoms with Gasteiger partial charge >= 0.3 is 12.0 Å². The highest BCUT2D eigenvalue weighted by atomic mass is 32.2. The smallest absolute Gasteiger partial charge is 0.315 e. The van der Waals surface area contributed by atoms with Crippen molar-refractivity contribution in [1.82, 2.24) is 21.3 Å². The first-order chi connectivity index (χ1) is 13.8. The molecule has 29 heavy (non-hydrogen) atoms. The summed E-state index contributed by atoms with van der Waals surface area (Å²) in [5, 5.41) is 20.7. The molecule has 2 aliphatic heterocycles. The third-order valence-electron chi connectivity index (χ3n) is 5.36. The van der Waals surface area contributed by atoms with Crippen LogP contribution in [0.3, 0.4) is 0 Å². The Morgan fingerprint density at radius 2 is 1.90 bits per heavy atom. The van der Waals surface area contributed by atoms with E-state index in [0.717, 1.165) is 25.0 Å². The molecular formula is C19H32N4O5S. The molecule has 4 atom stereocenters. The lowest BCUT2D eigenvalue weighted by Gasteiger charge is -2.18. The second-order valence-corrected chi connectivity index (χ2v) is 9.23. The molecule has 164 valence electrons. The predicted molar refractivity (Wildman–Crippen MR) is 111 cm³/mol. The summed E-state index contributed by atoms with van der Waals surface area (Å²) in [6.07, 6.45) is 2.90. The van der Waals surface area contributed by atoms with Gasteiger partial charge in [0.15, 0.2) is 0 Å². The molecular weight excluding hydrogens is 396 g/mol. The number of carbonyl (C=O) groups is 4. The third kappa shape index (κ3) is 7.41. The van der Waals surface area contributed by atoms with Crippen molar-refractivity contribution in [3.63, 3.8) is 0 Å². The number of hydrogen-bond donors (Lipinski definition) is 5. The van der Waals surface area contributed by atoms with Crippen LogP contribution in [-0.2, 0) is 14.4 Å². The van der Waals surface area contributed by atoms with Gasteiger partial charge in [-0.05, 0) is 18.8 Å². The minimum absolute atomic E-state index is 0.0574. The van der Waals surface area contributed by atoms with E-state index < -0.39 is 11.9 Å². The van der Waals surface area contributed by atoms with E-state index in [2.05, 4.69) is 21.3 Å². The van der Waals surface area contributed by atoms with Gasteiger partial charge in [0, 0.05) is 30.5 Å². The van der Waals surface area contributed by atoms with Gasteiger partial charge in [-0.2, -0.15) is 11.8 Å². The van der Waals surface area contributed by atoms with Crippen LogP contribution in [-0.4, -0.2) is 65.1 Å². The highest BCUT2D eigenvalue weighted by Crippen LogP contribution is 2.33. The van der Waals surface area contributed by atoms with Crippen LogP contribution in [0.25, 0.3) is 0 Å². The maximum atomic E-state index is 12.1. The molecule has 4 amide bonds. The first kappa shape index (κ1) is 23.3. The largest absolute Gasteiger partial charge is 0.481 e. The second-order valence-electron chi connectivity index (χ2n) is 7.96. The number of fused-ring (bicyclic) bond motifs is 1. The van der Waals surface area contributed by atoms with Gasteiger partial charge in [-0.3, -0.25) is 14.4 Å². The van der Waals surface area contributed by atoms with E-state index in [4.69, 9.17) is 5.11 Å². The molecule has 0 radical (unpaired) electrons. The number of nitrogens with one attached hydrogen (secondary N) is 4. The number of unbranched alkanes of at least 4 members (excludes halogenated alkanes) is 1. The van der Waals surface area contributed by atoms with E-state index in [1.54, 1.807) is 0 Å². The number of hydrogen-bond acceptors (Lipinski definition) is 5. The van der Waals surface area contributed by atoms with E-state index in [0.29, 0.717) is 18.2 Å². The summed E-state index contributed by atoms with van der Waals surface area (Å²) in [5.41, 5.74) is 0. The number of urea groups is 1. The molecule has 10 heteroatoms. The van der Waals surface area contributed by atoms with Gasteiger partial charge in [0.25, 0.3) is 0 Å². The lowest BCUT2D eigenvalue weighted by Crippen LogP contribution is -2.39. The van der Waals surface area contributed by atoms with Crippen molar-refractivity contribution in [3.05, 3.63) is 0 Å². The highest BCUT2D eigenvalue weighted by Gasteiger charge is 2.42. The summed E-state index contributed by atoms with van der Waals surface area (Å²) >= 11 is 1.87. The summed E-state index contributed by atoms with van der Waals surface area (Å²) in [5.74, 6) is -1.05. The fourth-order valence-corrected chi connectivity index (χ4v) is 5.24. The van der Waals surface area contributed by atoms with Gasteiger partial charge in [0.1, 0.15) is 0 Å². The molecule has 2 saturated heterocycles. The van der Waals surface area contributed by atoms with Crippen molar-refractivity contribution in [3.8, 4) is 0 Å². The zero-order valence-electron chi connectivity index (χ0n) is 17.0. The number of thioether (sulfide) groups is 1. The van der Waals surface area contributed by atoms with Gasteiger partial charge < -0.3 is 26.4 Å². The Balaban J connectivity index is 1.53. The zero-order valence-corrected chi connectivity index (χ0v) is 17.8. The third-order valence-corrected chi connectivity index (χ3v) is 6.87. The predicted octanol–water partition coefficient (Wildman–Crippen LogP) is 0.692. The Morgan fingerprint density at radius 1 is 1.17 bits per heavy atom. The molecule has 4 unspecified atom stereocenters. The standard InChI is InChI=1S/C19H32N4O5S/c1-11(2)12(9-16(25)26)18(27)21-8-7-20-15(24)6-4-3-5-14-17-13(10-29-14)22-19(28)23-17/h11-14,17H,3-10H2,1-2H3,(H,20,24)(H,21,27)(H,25,26)(H2,22,23,28). The van der Waals surface area contributed by atoms with Crippen molar-refractivity contribution in [1.29, 1.82) is 0 Å². The van der Waals surface area contributed by atoms with E-state index in [-0.39, 0.29) is 48.8 Å². The summed E-state index contributed by atoms with van der Waals surface area (Å²) < 4.78 is 0. The highest BCUT2D eigenvalue weighted by molar-refractivity contribution is 8.00. The summed E-state index contributed by atoms with van der Waals surface area (Å²) in [4.78, 5) is 46.2. The Hall–Kier alpha value is -1.97. The number of carboxylic acids is 1. The molecule has 2 rings (SSSR count). The SMILES string of the molecule is CC(C)C(CC(=O)O)C(=O)NCCNC(=O)CCCCC1SCC2NC(=O)NC21. The van der Waals surface area contributed by atoms with Gasteiger partial charge in [-0.1, -0.05) is 20.3 Å². The monoisotopic (exact) mass is 428 g/mol. The number of carboxylic acid groups (broad SMARTS) is 1. The van der Waals surface area contributed by atoms with Crippen LogP contribution < -0.4 is 21.3 Å². The summed E-state index contributed by atoms with van der Waals surface area (Å²) in [6.45, 7) is 4.23. The first-order valence-corrected chi connectivity index (χ1v) is 11.3. The molecule has 0 aromatic rings. The van der Waals surface area contributed by atoms with Crippen molar-refractivity contribution >= 4 is 35.6 Å². The molecule has 9 nitrogen and oxygen atoms in total. The van der Waals surface area contributed by atoms with Gasteiger partial charge in [0.05, 0.1) is 24.4 Å². The minimum atomic E-state index is -0.995. The second kappa shape index (κ2) is 11.3. The average molecular weight is 429 g/mol. The van der Waals surface area contributed by atoms with Gasteiger partial charge in [0.2, 0.25) is 11.8 Å². The van der Waals surface area contributed by atoms with Crippen molar-refractivity contribution < 1.29 is 24.3 Å². The van der Waals surface area contributed by atoms with Crippen LogP contribution in [0.4, 0.5) is 4.79 Å². The van der Waals surface area contributed by atoms with E-state index in [9.17, 15) is 19.2 Å².